The Kier molecular flexibility index (Phi) is 10.1. The number of pyridine rings is 2. The molecule has 7 heterocycles. The van der Waals surface area contributed by atoms with Gasteiger partial charge in [0.25, 0.3) is 0 Å². The zero-order valence-corrected chi connectivity index (χ0v) is 33.6. The number of nitrogens with zero attached hydrogens (tertiary/aromatic N) is 9. The van der Waals surface area contributed by atoms with Crippen LogP contribution in [0.5, 0.6) is 11.8 Å². The lowest BCUT2D eigenvalue weighted by atomic mass is 9.96. The molecule has 13 nitrogen and oxygen atoms in total. The number of ether oxygens (including phenoxy) is 2. The van der Waals surface area contributed by atoms with E-state index in [1.54, 1.807) is 11.1 Å². The number of hydrogen-bond donors (Lipinski definition) is 1. The number of amides is 1. The predicted octanol–water partition coefficient (Wildman–Crippen LogP) is 5.93. The zero-order chi connectivity index (χ0) is 42.7. The number of alkyl halides is 1. The van der Waals surface area contributed by atoms with Crippen LogP contribution in [0.4, 0.5) is 30.5 Å². The molecule has 4 aliphatic rings. The highest BCUT2D eigenvalue weighted by Gasteiger charge is 2.49. The van der Waals surface area contributed by atoms with Crippen molar-refractivity contribution in [3.05, 3.63) is 78.6 Å². The van der Waals surface area contributed by atoms with Gasteiger partial charge in [-0.3, -0.25) is 9.78 Å². The number of anilines is 3. The van der Waals surface area contributed by atoms with Crippen LogP contribution in [0.2, 0.25) is 0 Å². The van der Waals surface area contributed by atoms with Gasteiger partial charge >= 0.3 is 6.01 Å². The van der Waals surface area contributed by atoms with Gasteiger partial charge in [-0.05, 0) is 62.1 Å². The first kappa shape index (κ1) is 39.8. The summed E-state index contributed by atoms with van der Waals surface area (Å²) < 4.78 is 59.7. The largest absolute Gasteiger partial charge is 0.508 e. The monoisotopic (exact) mass is 829 g/mol. The number of piperazine rings is 1. The number of carbonyl (C=O) groups is 1. The van der Waals surface area contributed by atoms with Gasteiger partial charge in [-0.25, -0.2) is 18.2 Å². The number of morpholine rings is 1. The summed E-state index contributed by atoms with van der Waals surface area (Å²) in [7, 11) is 0. The Labute approximate surface area is 350 Å². The third-order valence-electron chi connectivity index (χ3n) is 12.5. The van der Waals surface area contributed by atoms with E-state index in [0.717, 1.165) is 5.82 Å². The van der Waals surface area contributed by atoms with Crippen molar-refractivity contribution >= 4 is 44.9 Å². The molecule has 3 aromatic heterocycles. The van der Waals surface area contributed by atoms with Crippen molar-refractivity contribution in [3.8, 4) is 41.4 Å². The van der Waals surface area contributed by atoms with Gasteiger partial charge in [-0.15, -0.1) is 6.42 Å². The van der Waals surface area contributed by atoms with Crippen molar-refractivity contribution in [2.75, 3.05) is 60.7 Å². The summed E-state index contributed by atoms with van der Waals surface area (Å²) in [4.78, 5) is 39.2. The second-order valence-corrected chi connectivity index (χ2v) is 16.4. The fraction of sp³-hybridized carbons (Fsp3) is 0.378. The molecule has 5 aromatic rings. The number of phenolic OH excluding ortho intramolecular Hbond substituents is 1. The second-order valence-electron chi connectivity index (χ2n) is 16.4. The van der Waals surface area contributed by atoms with Crippen LogP contribution in [0.3, 0.4) is 0 Å². The number of aromatic hydroxyl groups is 1. The minimum absolute atomic E-state index is 0.0433. The van der Waals surface area contributed by atoms with Crippen molar-refractivity contribution in [2.24, 2.45) is 5.92 Å². The van der Waals surface area contributed by atoms with Crippen molar-refractivity contribution in [1.29, 1.82) is 5.26 Å². The highest BCUT2D eigenvalue weighted by molar-refractivity contribution is 6.03. The lowest BCUT2D eigenvalue weighted by Gasteiger charge is -2.41. The van der Waals surface area contributed by atoms with Crippen molar-refractivity contribution in [3.63, 3.8) is 0 Å². The van der Waals surface area contributed by atoms with Crippen LogP contribution >= 0.6 is 0 Å². The summed E-state index contributed by atoms with van der Waals surface area (Å²) in [5, 5.41) is 21.5. The fourth-order valence-electron chi connectivity index (χ4n) is 9.61. The highest BCUT2D eigenvalue weighted by Crippen LogP contribution is 2.42. The molecule has 4 aliphatic heterocycles. The molecule has 312 valence electrons. The molecule has 9 rings (SSSR count). The van der Waals surface area contributed by atoms with Crippen LogP contribution < -0.4 is 19.4 Å². The van der Waals surface area contributed by atoms with Gasteiger partial charge in [0.15, 0.2) is 5.82 Å². The molecule has 61 heavy (non-hydrogen) atoms. The maximum atomic E-state index is 17.3. The topological polar surface area (TPSA) is 144 Å². The van der Waals surface area contributed by atoms with E-state index < -0.39 is 35.3 Å². The van der Waals surface area contributed by atoms with Crippen LogP contribution in [-0.4, -0.2) is 112 Å². The molecular formula is C45H42F3N9O4. The minimum atomic E-state index is -1.18. The Hall–Kier alpha value is -6.65. The Bertz CT molecular complexity index is 2670. The maximum absolute atomic E-state index is 17.3. The Morgan fingerprint density at radius 1 is 1.16 bits per heavy atom. The van der Waals surface area contributed by atoms with E-state index in [2.05, 4.69) is 40.4 Å². The summed E-state index contributed by atoms with van der Waals surface area (Å²) in [5.41, 5.74) is -0.732. The number of terminal acetylenes is 1. The first-order valence-electron chi connectivity index (χ1n) is 20.1. The van der Waals surface area contributed by atoms with Gasteiger partial charge in [-0.1, -0.05) is 18.6 Å². The molecule has 0 radical (unpaired) electrons. The van der Waals surface area contributed by atoms with Crippen LogP contribution in [0, 0.1) is 41.2 Å². The third-order valence-corrected chi connectivity index (χ3v) is 12.5. The number of nitriles is 1. The fourth-order valence-corrected chi connectivity index (χ4v) is 9.61. The van der Waals surface area contributed by atoms with Gasteiger partial charge < -0.3 is 34.2 Å². The van der Waals surface area contributed by atoms with Crippen molar-refractivity contribution in [2.45, 2.75) is 56.5 Å². The first-order chi connectivity index (χ1) is 29.4. The average molecular weight is 830 g/mol. The number of benzene rings is 2. The average Bonchev–Trinajstić information content (AvgIpc) is 3.69. The molecule has 4 fully saturated rings. The van der Waals surface area contributed by atoms with Crippen LogP contribution in [0.1, 0.15) is 32.3 Å². The molecule has 0 spiro atoms. The third kappa shape index (κ3) is 6.85. The number of phenols is 1. The van der Waals surface area contributed by atoms with Gasteiger partial charge in [0, 0.05) is 43.2 Å². The van der Waals surface area contributed by atoms with Gasteiger partial charge in [0.1, 0.15) is 47.2 Å². The lowest BCUT2D eigenvalue weighted by molar-refractivity contribution is -0.129. The normalized spacial score (nSPS) is 24.9. The van der Waals surface area contributed by atoms with Crippen molar-refractivity contribution in [1.82, 2.24) is 24.8 Å². The molecule has 1 amide bonds. The maximum Gasteiger partial charge on any atom is 0.319 e. The standard InChI is InChI=1S/C45H42F3N9O4/c1-5-32-35(47)9-7-26-14-31(58)15-33(39(26)32)41-40(48)42-34(19-51-41)43(54-21-30-13-27(17-49)36(22-54)57(30)38(59)6-2)53-44(52-42)61-24-45(4)16-28(46)20-56(45)29-8-10-37(50-18-29)55-11-12-60-23-25(55)3/h1,6-10,14-15,18-19,25,27-28,30,36,58H,2,11-13,16,20-24H2,3-4H3/t25-,27?,28-,30-,36-,45+/m1/s1. The quantitative estimate of drug-likeness (QED) is 0.146. The molecule has 4 saturated heterocycles. The van der Waals surface area contributed by atoms with E-state index in [1.807, 2.05) is 28.9 Å². The number of aromatic nitrogens is 4. The summed E-state index contributed by atoms with van der Waals surface area (Å²) >= 11 is 0. The number of rotatable bonds is 8. The second kappa shape index (κ2) is 15.4. The number of fused-ring (bicyclic) bond motifs is 4. The smallest absolute Gasteiger partial charge is 0.319 e. The van der Waals surface area contributed by atoms with Gasteiger partial charge in [0.05, 0.1) is 78.2 Å². The SMILES string of the molecule is C#Cc1c(F)ccc2cc(O)cc(-c3ncc4c(N5C[C@H]6CC(C#N)[C@@H](C5)N6C(=O)C=C)nc(OC[C@]5(C)C[C@@H](F)CN5c5ccc(N6CCOC[C@H]6C)nc5)nc4c3F)c12. The summed E-state index contributed by atoms with van der Waals surface area (Å²) in [6.07, 6.45) is 9.45. The van der Waals surface area contributed by atoms with E-state index in [0.29, 0.717) is 37.3 Å². The molecule has 1 unspecified atom stereocenters. The number of carbonyl (C=O) groups excluding carboxylic acids is 1. The van der Waals surface area contributed by atoms with E-state index in [9.17, 15) is 15.2 Å². The number of hydrogen-bond acceptors (Lipinski definition) is 12. The Morgan fingerprint density at radius 3 is 2.74 bits per heavy atom. The molecule has 0 saturated carbocycles. The molecule has 0 aliphatic carbocycles. The van der Waals surface area contributed by atoms with E-state index in [-0.39, 0.29) is 101 Å². The minimum Gasteiger partial charge on any atom is -0.508 e. The summed E-state index contributed by atoms with van der Waals surface area (Å²) in [5.74, 6) is 0.811. The van der Waals surface area contributed by atoms with Gasteiger partial charge in [-0.2, -0.15) is 15.2 Å². The molecule has 6 atom stereocenters. The predicted molar refractivity (Wildman–Crippen MR) is 223 cm³/mol. The van der Waals surface area contributed by atoms with Crippen LogP contribution in [-0.2, 0) is 9.53 Å². The number of halogens is 3. The highest BCUT2D eigenvalue weighted by atomic mass is 19.1. The molecule has 2 aromatic carbocycles. The molecule has 2 bridgehead atoms. The Balaban J connectivity index is 1.12. The summed E-state index contributed by atoms with van der Waals surface area (Å²) in [6.45, 7) is 9.95. The van der Waals surface area contributed by atoms with E-state index in [1.165, 1.54) is 36.5 Å². The zero-order valence-electron chi connectivity index (χ0n) is 33.6. The van der Waals surface area contributed by atoms with Crippen LogP contribution in [0.25, 0.3) is 32.9 Å². The van der Waals surface area contributed by atoms with E-state index in [4.69, 9.17) is 25.9 Å². The Morgan fingerprint density at radius 2 is 2.00 bits per heavy atom. The molecule has 1 N–H and O–H groups in total. The first-order valence-corrected chi connectivity index (χ1v) is 20.1. The summed E-state index contributed by atoms with van der Waals surface area (Å²) in [6, 6.07) is 10.5. The molecular weight excluding hydrogens is 788 g/mol. The van der Waals surface area contributed by atoms with Crippen molar-refractivity contribution < 1.29 is 32.5 Å². The van der Waals surface area contributed by atoms with E-state index >= 15 is 13.2 Å². The lowest BCUT2D eigenvalue weighted by Crippen LogP contribution is -2.56. The van der Waals surface area contributed by atoms with Crippen LogP contribution in [0.15, 0.2) is 61.4 Å². The molecule has 16 heteroatoms. The van der Waals surface area contributed by atoms with Gasteiger partial charge in [0.2, 0.25) is 5.91 Å².